The minimum absolute atomic E-state index is 0.0617. The number of alkyl halides is 3. The smallest absolute Gasteiger partial charge is 0.354 e. The summed E-state index contributed by atoms with van der Waals surface area (Å²) in [5, 5.41) is 10.6. The number of amides is 2. The summed E-state index contributed by atoms with van der Waals surface area (Å²) >= 11 is 19.4. The molecule has 0 saturated carbocycles. The number of aromatic nitrogens is 2. The van der Waals surface area contributed by atoms with Crippen molar-refractivity contribution in [2.24, 2.45) is 0 Å². The lowest BCUT2D eigenvalue weighted by Gasteiger charge is -2.49. The standard InChI is InChI=1S/C15H15Cl3N4O5S2/c1-6-3-8(13(25)27-5-15(16,17)18)22-11(24)10(12(22)28-6)19-9(23)4-26-14-21-20-7(2)29-14/h3,6,10,12H,4-5H2,1-2H3,(H,19,23)/t6?,10?,12-/m0/s1. The molecule has 0 spiro atoms. The van der Waals surface area contributed by atoms with Crippen molar-refractivity contribution in [1.29, 1.82) is 0 Å². The Balaban J connectivity index is 1.58. The van der Waals surface area contributed by atoms with Gasteiger partial charge in [0.05, 0.1) is 0 Å². The molecule has 1 saturated heterocycles. The molecule has 9 nitrogen and oxygen atoms in total. The van der Waals surface area contributed by atoms with Crippen LogP contribution in [-0.2, 0) is 19.1 Å². The van der Waals surface area contributed by atoms with Crippen LogP contribution >= 0.6 is 57.9 Å². The molecule has 0 aromatic carbocycles. The van der Waals surface area contributed by atoms with Gasteiger partial charge < -0.3 is 14.8 Å². The van der Waals surface area contributed by atoms with Gasteiger partial charge in [-0.3, -0.25) is 14.5 Å². The Hall–Kier alpha value is -1.27. The largest absolute Gasteiger partial charge is 0.459 e. The molecule has 2 unspecified atom stereocenters. The topological polar surface area (TPSA) is 111 Å². The van der Waals surface area contributed by atoms with Crippen molar-refractivity contribution in [3.05, 3.63) is 16.8 Å². The number of carbonyl (C=O) groups is 3. The lowest BCUT2D eigenvalue weighted by Crippen LogP contribution is -2.71. The number of carbonyl (C=O) groups excluding carboxylic acids is 3. The van der Waals surface area contributed by atoms with Gasteiger partial charge in [-0.15, -0.1) is 22.0 Å². The van der Waals surface area contributed by atoms with Crippen molar-refractivity contribution in [3.63, 3.8) is 0 Å². The highest BCUT2D eigenvalue weighted by atomic mass is 35.6. The number of esters is 1. The van der Waals surface area contributed by atoms with E-state index in [2.05, 4.69) is 15.5 Å². The molecule has 2 aliphatic rings. The molecule has 158 valence electrons. The second-order valence-electron chi connectivity index (χ2n) is 6.10. The van der Waals surface area contributed by atoms with Crippen molar-refractivity contribution in [1.82, 2.24) is 20.4 Å². The maximum absolute atomic E-state index is 12.5. The molecule has 1 fully saturated rings. The van der Waals surface area contributed by atoms with Crippen LogP contribution in [0.3, 0.4) is 0 Å². The van der Waals surface area contributed by atoms with Gasteiger partial charge in [-0.05, 0) is 19.9 Å². The second-order valence-corrected chi connectivity index (χ2v) is 11.3. The number of halogens is 3. The van der Waals surface area contributed by atoms with Crippen LogP contribution in [-0.4, -0.2) is 66.6 Å². The predicted molar refractivity (Wildman–Crippen MR) is 109 cm³/mol. The number of nitrogens with one attached hydrogen (secondary N) is 1. The predicted octanol–water partition coefficient (Wildman–Crippen LogP) is 1.81. The number of thioether (sulfide) groups is 1. The number of hydrogen-bond acceptors (Lipinski definition) is 9. The molecule has 3 rings (SSSR count). The minimum Gasteiger partial charge on any atom is -0.459 e. The summed E-state index contributed by atoms with van der Waals surface area (Å²) in [5.74, 6) is -1.70. The molecule has 29 heavy (non-hydrogen) atoms. The summed E-state index contributed by atoms with van der Waals surface area (Å²) in [7, 11) is 0. The van der Waals surface area contributed by atoms with Crippen LogP contribution < -0.4 is 10.1 Å². The fourth-order valence-corrected chi connectivity index (χ4v) is 4.65. The average molecular weight is 502 g/mol. The molecule has 3 heterocycles. The Morgan fingerprint density at radius 3 is 2.69 bits per heavy atom. The zero-order chi connectivity index (χ0) is 21.3. The van der Waals surface area contributed by atoms with Gasteiger partial charge in [0, 0.05) is 5.25 Å². The van der Waals surface area contributed by atoms with Crippen LogP contribution in [0.5, 0.6) is 5.19 Å². The molecular formula is C15H15Cl3N4O5S2. The van der Waals surface area contributed by atoms with Gasteiger partial charge >= 0.3 is 5.97 Å². The van der Waals surface area contributed by atoms with Crippen molar-refractivity contribution in [2.45, 2.75) is 34.3 Å². The lowest BCUT2D eigenvalue weighted by molar-refractivity contribution is -0.153. The van der Waals surface area contributed by atoms with Crippen molar-refractivity contribution < 1.29 is 23.9 Å². The van der Waals surface area contributed by atoms with Gasteiger partial charge in [0.1, 0.15) is 28.7 Å². The van der Waals surface area contributed by atoms with E-state index in [0.29, 0.717) is 5.01 Å². The molecule has 0 aliphatic carbocycles. The molecule has 0 radical (unpaired) electrons. The molecule has 1 aromatic rings. The molecule has 1 N–H and O–H groups in total. The number of rotatable bonds is 6. The summed E-state index contributed by atoms with van der Waals surface area (Å²) in [6.07, 6.45) is 1.60. The monoisotopic (exact) mass is 500 g/mol. The summed E-state index contributed by atoms with van der Waals surface area (Å²) in [6, 6.07) is -0.792. The molecule has 2 aliphatic heterocycles. The fraction of sp³-hybridized carbons (Fsp3) is 0.533. The van der Waals surface area contributed by atoms with E-state index in [1.54, 1.807) is 13.0 Å². The average Bonchev–Trinajstić information content (AvgIpc) is 3.06. The summed E-state index contributed by atoms with van der Waals surface area (Å²) in [6.45, 7) is 2.86. The third-order valence-corrected chi connectivity index (χ3v) is 6.18. The SMILES string of the molecule is Cc1nnc(OCC(=O)NC2C(=O)N3C(C(=O)OCC(Cl)(Cl)Cl)=CC(C)S[C@@H]23)s1. The summed E-state index contributed by atoms with van der Waals surface area (Å²) in [5.41, 5.74) is 0.0617. The molecule has 1 aromatic heterocycles. The minimum atomic E-state index is -1.76. The van der Waals surface area contributed by atoms with Gasteiger partial charge in [0.15, 0.2) is 6.61 Å². The molecule has 0 bridgehead atoms. The van der Waals surface area contributed by atoms with Crippen molar-refractivity contribution in [3.8, 4) is 5.19 Å². The molecule has 3 atom stereocenters. The number of nitrogens with zero attached hydrogens (tertiary/aromatic N) is 3. The Bertz CT molecular complexity index is 859. The maximum atomic E-state index is 12.5. The highest BCUT2D eigenvalue weighted by molar-refractivity contribution is 8.00. The molecule has 2 amide bonds. The van der Waals surface area contributed by atoms with Crippen LogP contribution in [0, 0.1) is 6.92 Å². The van der Waals surface area contributed by atoms with E-state index >= 15 is 0 Å². The highest BCUT2D eigenvalue weighted by Crippen LogP contribution is 2.41. The van der Waals surface area contributed by atoms with Crippen molar-refractivity contribution >= 4 is 75.7 Å². The zero-order valence-corrected chi connectivity index (χ0v) is 19.0. The van der Waals surface area contributed by atoms with Crippen LogP contribution in [0.4, 0.5) is 0 Å². The Labute approximate surface area is 189 Å². The van der Waals surface area contributed by atoms with E-state index in [4.69, 9.17) is 44.3 Å². The third-order valence-electron chi connectivity index (χ3n) is 3.78. The molecule has 14 heteroatoms. The zero-order valence-electron chi connectivity index (χ0n) is 15.1. The highest BCUT2D eigenvalue weighted by Gasteiger charge is 2.54. The summed E-state index contributed by atoms with van der Waals surface area (Å²) < 4.78 is 8.47. The van der Waals surface area contributed by atoms with Crippen LogP contribution in [0.1, 0.15) is 11.9 Å². The van der Waals surface area contributed by atoms with Gasteiger partial charge in [0.25, 0.3) is 17.0 Å². The maximum Gasteiger partial charge on any atom is 0.354 e. The number of hydrogen-bond donors (Lipinski definition) is 1. The first-order valence-electron chi connectivity index (χ1n) is 8.21. The second kappa shape index (κ2) is 8.84. The third kappa shape index (κ3) is 5.46. The first-order valence-corrected chi connectivity index (χ1v) is 11.1. The van der Waals surface area contributed by atoms with Crippen LogP contribution in [0.25, 0.3) is 0 Å². The summed E-state index contributed by atoms with van der Waals surface area (Å²) in [4.78, 5) is 38.3. The normalized spacial score (nSPS) is 23.6. The Morgan fingerprint density at radius 2 is 2.07 bits per heavy atom. The first kappa shape index (κ1) is 22.4. The number of fused-ring (bicyclic) bond motifs is 1. The quantitative estimate of drug-likeness (QED) is 0.357. The van der Waals surface area contributed by atoms with Crippen LogP contribution in [0.2, 0.25) is 0 Å². The van der Waals surface area contributed by atoms with E-state index in [9.17, 15) is 14.4 Å². The number of ether oxygens (including phenoxy) is 2. The van der Waals surface area contributed by atoms with Gasteiger partial charge in [-0.1, -0.05) is 46.1 Å². The van der Waals surface area contributed by atoms with E-state index in [-0.39, 0.29) is 22.7 Å². The number of β-lactam (4-membered cyclic amide) rings is 1. The van der Waals surface area contributed by atoms with Gasteiger partial charge in [0.2, 0.25) is 3.79 Å². The Morgan fingerprint density at radius 1 is 1.34 bits per heavy atom. The van der Waals surface area contributed by atoms with E-state index in [1.807, 2.05) is 6.92 Å². The van der Waals surface area contributed by atoms with E-state index in [0.717, 1.165) is 0 Å². The van der Waals surface area contributed by atoms with Gasteiger partial charge in [-0.2, -0.15) is 0 Å². The first-order chi connectivity index (χ1) is 13.5. The van der Waals surface area contributed by atoms with Gasteiger partial charge in [-0.25, -0.2) is 4.79 Å². The van der Waals surface area contributed by atoms with E-state index in [1.165, 1.54) is 28.0 Å². The number of aryl methyl sites for hydroxylation is 1. The van der Waals surface area contributed by atoms with Crippen LogP contribution in [0.15, 0.2) is 11.8 Å². The van der Waals surface area contributed by atoms with Crippen molar-refractivity contribution in [2.75, 3.05) is 13.2 Å². The lowest BCUT2D eigenvalue weighted by atomic mass is 10.0. The fourth-order valence-electron chi connectivity index (χ4n) is 2.62. The Kier molecular flexibility index (Phi) is 6.84. The molecular weight excluding hydrogens is 487 g/mol. The van der Waals surface area contributed by atoms with E-state index < -0.39 is 39.6 Å².